The molecule has 0 saturated heterocycles. The van der Waals surface area contributed by atoms with Crippen molar-refractivity contribution >= 4 is 116 Å². The molecule has 30 heteroatoms. The average Bonchev–Trinajstić information content (AvgIpc) is 0.876. The lowest BCUT2D eigenvalue weighted by Crippen LogP contribution is -2.26. The van der Waals surface area contributed by atoms with E-state index in [1.165, 1.54) is 6.92 Å². The molecule has 4 unspecified atom stereocenters. The number of halogens is 5. The summed E-state index contributed by atoms with van der Waals surface area (Å²) in [5, 5.41) is 88.8. The lowest BCUT2D eigenvalue weighted by molar-refractivity contribution is -0.144. The van der Waals surface area contributed by atoms with Crippen molar-refractivity contribution in [1.82, 2.24) is 0 Å². The highest BCUT2D eigenvalue weighted by Crippen LogP contribution is 2.28. The van der Waals surface area contributed by atoms with Gasteiger partial charge in [-0.2, -0.15) is 118 Å². The third kappa shape index (κ3) is 48.7. The number of nitrogens with zero attached hydrogens (tertiary/aromatic N) is 12. The predicted molar refractivity (Wildman–Crippen MR) is 408 cm³/mol. The second-order valence-electron chi connectivity index (χ2n) is 28.3. The van der Waals surface area contributed by atoms with Gasteiger partial charge in [0.15, 0.2) is 71.1 Å². The Hall–Kier alpha value is -5.74. The zero-order chi connectivity index (χ0) is 75.8. The van der Waals surface area contributed by atoms with Gasteiger partial charge in [-0.3, -0.25) is 14.4 Å². The van der Waals surface area contributed by atoms with Crippen LogP contribution in [0.5, 0.6) is 5.75 Å². The van der Waals surface area contributed by atoms with Crippen LogP contribution in [0, 0.1) is 68.0 Å². The highest BCUT2D eigenvalue weighted by molar-refractivity contribution is 7.20. The molecule has 0 heterocycles. The first-order valence-electron chi connectivity index (χ1n) is 33.0. The van der Waals surface area contributed by atoms with Crippen LogP contribution in [0.3, 0.4) is 0 Å². The van der Waals surface area contributed by atoms with Gasteiger partial charge in [-0.1, -0.05) is 108 Å². The van der Waals surface area contributed by atoms with Crippen LogP contribution in [0.25, 0.3) is 0 Å². The zero-order valence-corrected chi connectivity index (χ0v) is 69.6. The molecular weight excluding hydrogens is 1440 g/mol. The molecule has 1 N–H and O–H groups in total. The molecule has 3 aromatic rings. The Morgan fingerprint density at radius 3 is 1.32 bits per heavy atom. The number of ketones is 1. The SMILES string of the molecule is CC(C#N)(C#N)N=Nc1cccc(CC[Si](C)(C)Cl)c1.CC(C#N)(CCC(=O)OCCC[Si](C)(C)Cl)N=NC(C)(C#N)CCC(O)OCCC[Si](C)(C)Cl.CC(C)(C#N)N=NC(C)(C#N)CCC(=O)OCCC[Si](C)(C)Cl.C[Si](C)(Cl)CCCOc1ccc(C(=O)c2ccccc2)cc1. The number of aliphatic hydroxyl groups excluding tert-OH is 1. The summed E-state index contributed by atoms with van der Waals surface area (Å²) in [5.74, 6) is 0.0465. The Kier molecular flexibility index (Phi) is 42.7. The number of carbonyl (C=O) groups excluding carboxylic acids is 3. The number of benzene rings is 3. The number of rotatable bonds is 38. The fourth-order valence-electron chi connectivity index (χ4n) is 7.84. The van der Waals surface area contributed by atoms with Crippen LogP contribution >= 0.6 is 55.4 Å². The van der Waals surface area contributed by atoms with Crippen LogP contribution < -0.4 is 4.74 Å². The van der Waals surface area contributed by atoms with Crippen molar-refractivity contribution < 1.29 is 38.4 Å². The lowest BCUT2D eigenvalue weighted by atomic mass is 9.97. The molecule has 0 fully saturated rings. The Morgan fingerprint density at radius 2 is 0.899 bits per heavy atom. The molecule has 4 atom stereocenters. The van der Waals surface area contributed by atoms with Gasteiger partial charge in [-0.15, -0.1) is 0 Å². The number of azo groups is 3. The molecular formula is C69H103Cl5N12O8Si5. The molecule has 0 aliphatic carbocycles. The highest BCUT2D eigenvalue weighted by atomic mass is 35.6. The van der Waals surface area contributed by atoms with Crippen LogP contribution in [0.15, 0.2) is 110 Å². The standard InChI is InChI=1S/C22H40Cl2N4O4Si2.C18H21ClO2Si.C15H25ClN4O2Si.C14H17ClN4Si/c1-21(17-25,11-9-19(29)31-13-7-15-33(3,4)23)27-28-22(2,18-26)12-10-20(30)32-14-8-16-34(5,6)24;1-22(2,19)14-6-13-21-17-11-9-16(10-12-17)18(20)15-7-4-3-5-8-15;1-14(2,11-17)19-20-15(3,12-18)8-7-13(21)22-9-6-10-23(4,5)16;1-14(10-16,11-17)19-18-13-6-4-5-12(9-13)7-8-20(2,3)15/h19,29H,7-16H2,1-6H3;3-5,7-12H,6,13-14H2,1-2H3;6-10H2,1-5H3;4-6,9H,7-8H2,1-3H3. The molecule has 99 heavy (non-hydrogen) atoms. The first-order chi connectivity index (χ1) is 45.7. The quantitative estimate of drug-likeness (QED) is 0.0106. The second kappa shape index (κ2) is 45.3. The van der Waals surface area contributed by atoms with Crippen LogP contribution in [0.1, 0.15) is 127 Å². The lowest BCUT2D eigenvalue weighted by Gasteiger charge is -2.21. The maximum atomic E-state index is 12.3. The molecule has 0 amide bonds. The van der Waals surface area contributed by atoms with E-state index in [-0.39, 0.29) is 50.3 Å². The van der Waals surface area contributed by atoms with Crippen LogP contribution in [-0.4, -0.2) is 120 Å². The minimum absolute atomic E-state index is 0.0164. The van der Waals surface area contributed by atoms with E-state index in [9.17, 15) is 35.3 Å². The second-order valence-corrected chi connectivity index (χ2v) is 63.3. The predicted octanol–water partition coefficient (Wildman–Crippen LogP) is 20.0. The van der Waals surface area contributed by atoms with Gasteiger partial charge >= 0.3 is 11.9 Å². The Morgan fingerprint density at radius 1 is 0.485 bits per heavy atom. The van der Waals surface area contributed by atoms with E-state index in [0.29, 0.717) is 49.7 Å². The van der Waals surface area contributed by atoms with Crippen molar-refractivity contribution in [2.24, 2.45) is 30.7 Å². The zero-order valence-electron chi connectivity index (χ0n) is 60.8. The summed E-state index contributed by atoms with van der Waals surface area (Å²) in [6, 6.07) is 40.7. The molecule has 0 saturated carbocycles. The minimum Gasteiger partial charge on any atom is -0.494 e. The van der Waals surface area contributed by atoms with Crippen LogP contribution in [0.4, 0.5) is 5.69 Å². The summed E-state index contributed by atoms with van der Waals surface area (Å²) in [5.41, 5.74) is -2.90. The van der Waals surface area contributed by atoms with Gasteiger partial charge in [-0.25, -0.2) is 0 Å². The topological polar surface area (TPSA) is 325 Å². The van der Waals surface area contributed by atoms with E-state index in [2.05, 4.69) is 82.1 Å². The Bertz CT molecular complexity index is 3310. The highest BCUT2D eigenvalue weighted by Gasteiger charge is 2.31. The smallest absolute Gasteiger partial charge is 0.305 e. The third-order valence-electron chi connectivity index (χ3n) is 14.2. The molecule has 3 rings (SSSR count). The van der Waals surface area contributed by atoms with Gasteiger partial charge in [0.1, 0.15) is 17.9 Å². The van der Waals surface area contributed by atoms with Crippen LogP contribution in [-0.2, 0) is 30.2 Å². The number of ether oxygens (including phenoxy) is 4. The first-order valence-corrected chi connectivity index (χ1v) is 54.0. The fraction of sp³-hybridized carbons (Fsp3) is 0.609. The molecule has 0 radical (unpaired) electrons. The maximum Gasteiger partial charge on any atom is 0.305 e. The monoisotopic (exact) mass is 1540 g/mol. The summed E-state index contributed by atoms with van der Waals surface area (Å²) in [4.78, 5) is 36.0. The van der Waals surface area contributed by atoms with Gasteiger partial charge in [-0.05, 0) is 165 Å². The van der Waals surface area contributed by atoms with Gasteiger partial charge in [0.05, 0.1) is 49.8 Å². The van der Waals surface area contributed by atoms with E-state index in [1.54, 1.807) is 40.7 Å². The van der Waals surface area contributed by atoms with Crippen molar-refractivity contribution in [1.29, 1.82) is 31.6 Å². The summed E-state index contributed by atoms with van der Waals surface area (Å²) >= 11 is 31.3. The number of hydrogen-bond acceptors (Lipinski definition) is 20. The van der Waals surface area contributed by atoms with Gasteiger partial charge in [0.2, 0.25) is 5.54 Å². The first kappa shape index (κ1) is 93.3. The van der Waals surface area contributed by atoms with E-state index in [1.807, 2.05) is 123 Å². The van der Waals surface area contributed by atoms with E-state index < -0.39 is 76.9 Å². The van der Waals surface area contributed by atoms with Crippen molar-refractivity contribution in [3.05, 3.63) is 95.6 Å². The maximum absolute atomic E-state index is 12.3. The molecule has 0 bridgehead atoms. The summed E-state index contributed by atoms with van der Waals surface area (Å²) in [7, 11) is -8.08. The minimum atomic E-state index is -1.69. The Balaban J connectivity index is 0.00000132. The molecule has 20 nitrogen and oxygen atoms in total. The van der Waals surface area contributed by atoms with E-state index in [0.717, 1.165) is 67.2 Å². The summed E-state index contributed by atoms with van der Waals surface area (Å²) in [6.07, 6.45) is 3.89. The molecule has 3 aromatic carbocycles. The van der Waals surface area contributed by atoms with Gasteiger partial charge < -0.3 is 24.1 Å². The molecule has 0 aromatic heterocycles. The van der Waals surface area contributed by atoms with E-state index in [4.69, 9.17) is 90.1 Å². The number of aliphatic hydroxyl groups is 1. The number of hydrogen-bond donors (Lipinski definition) is 1. The number of carbonyl (C=O) groups is 3. The molecule has 542 valence electrons. The fourth-order valence-corrected chi connectivity index (χ4v) is 14.6. The van der Waals surface area contributed by atoms with Crippen molar-refractivity contribution in [3.63, 3.8) is 0 Å². The van der Waals surface area contributed by atoms with Crippen molar-refractivity contribution in [2.45, 2.75) is 242 Å². The number of aryl methyl sites for hydroxylation is 1. The number of esters is 2. The number of nitriles is 6. The normalized spacial score (nSPS) is 14.1. The van der Waals surface area contributed by atoms with E-state index >= 15 is 0 Å². The average molecular weight is 1550 g/mol. The molecule has 0 aliphatic rings. The molecule has 0 spiro atoms. The third-order valence-corrected chi connectivity index (χ3v) is 24.6. The van der Waals surface area contributed by atoms with Crippen molar-refractivity contribution in [3.8, 4) is 42.2 Å². The summed E-state index contributed by atoms with van der Waals surface area (Å²) < 4.78 is 21.4. The van der Waals surface area contributed by atoms with Crippen molar-refractivity contribution in [2.75, 3.05) is 26.4 Å². The Labute approximate surface area is 618 Å². The largest absolute Gasteiger partial charge is 0.494 e. The summed E-state index contributed by atoms with van der Waals surface area (Å²) in [6.45, 7) is 31.8. The van der Waals surface area contributed by atoms with Crippen LogP contribution in [0.2, 0.25) is 95.7 Å². The van der Waals surface area contributed by atoms with Gasteiger partial charge in [0, 0.05) is 37.0 Å². The van der Waals surface area contributed by atoms with Gasteiger partial charge in [0.25, 0.3) is 0 Å². The molecule has 0 aliphatic heterocycles.